The average Bonchev–Trinajstić information content (AvgIpc) is 3.13. The van der Waals surface area contributed by atoms with E-state index in [1.54, 1.807) is 32.6 Å². The summed E-state index contributed by atoms with van der Waals surface area (Å²) in [5.41, 5.74) is 5.50. The Bertz CT molecular complexity index is 944. The highest BCUT2D eigenvalue weighted by Gasteiger charge is 2.09. The van der Waals surface area contributed by atoms with Crippen LogP contribution in [0.15, 0.2) is 46.9 Å². The van der Waals surface area contributed by atoms with E-state index in [4.69, 9.17) is 32.7 Å². The van der Waals surface area contributed by atoms with Gasteiger partial charge in [0.05, 0.1) is 36.2 Å². The van der Waals surface area contributed by atoms with Gasteiger partial charge in [-0.1, -0.05) is 29.3 Å². The summed E-state index contributed by atoms with van der Waals surface area (Å²) in [7, 11) is 3.21. The van der Waals surface area contributed by atoms with Crippen LogP contribution in [0.3, 0.4) is 0 Å². The van der Waals surface area contributed by atoms with E-state index in [9.17, 15) is 0 Å². The van der Waals surface area contributed by atoms with Gasteiger partial charge < -0.3 is 9.47 Å². The van der Waals surface area contributed by atoms with Crippen LogP contribution in [0, 0.1) is 0 Å². The van der Waals surface area contributed by atoms with Gasteiger partial charge in [-0.2, -0.15) is 5.10 Å². The number of methoxy groups -OCH3 is 2. The molecule has 0 saturated carbocycles. The molecular weight excluding hydrogens is 393 g/mol. The highest BCUT2D eigenvalue weighted by molar-refractivity contribution is 7.14. The molecule has 8 heteroatoms. The zero-order valence-corrected chi connectivity index (χ0v) is 16.3. The number of aromatic nitrogens is 1. The highest BCUT2D eigenvalue weighted by Crippen LogP contribution is 2.33. The molecular formula is C18H15Cl2N3O2S. The topological polar surface area (TPSA) is 55.7 Å². The Hall–Kier alpha value is -2.28. The first kappa shape index (κ1) is 18.5. The summed E-state index contributed by atoms with van der Waals surface area (Å²) in [6.07, 6.45) is 1.65. The average molecular weight is 408 g/mol. The molecule has 2 aromatic carbocycles. The standard InChI is InChI=1S/C18H15Cl2N3O2S/c1-24-16-6-4-12(8-17(16)25-2)15-10-26-18(22-15)23-21-9-11-3-5-13(19)14(20)7-11/h3-10H,1-2H3,(H,22,23)/b21-9-. The molecule has 0 unspecified atom stereocenters. The Morgan fingerprint density at radius 2 is 1.85 bits per heavy atom. The van der Waals surface area contributed by atoms with Gasteiger partial charge in [-0.25, -0.2) is 4.98 Å². The van der Waals surface area contributed by atoms with Gasteiger partial charge in [0.25, 0.3) is 0 Å². The predicted molar refractivity (Wildman–Crippen MR) is 108 cm³/mol. The zero-order valence-electron chi connectivity index (χ0n) is 14.0. The molecule has 1 aromatic heterocycles. The summed E-state index contributed by atoms with van der Waals surface area (Å²) in [6.45, 7) is 0. The number of ether oxygens (including phenoxy) is 2. The lowest BCUT2D eigenvalue weighted by Crippen LogP contribution is -1.92. The van der Waals surface area contributed by atoms with Crippen molar-refractivity contribution in [2.45, 2.75) is 0 Å². The van der Waals surface area contributed by atoms with Crippen molar-refractivity contribution in [2.75, 3.05) is 19.6 Å². The SMILES string of the molecule is COc1ccc(-c2csc(N/N=C\c3ccc(Cl)c(Cl)c3)n2)cc1OC. The van der Waals surface area contributed by atoms with Crippen molar-refractivity contribution in [2.24, 2.45) is 5.10 Å². The van der Waals surface area contributed by atoms with E-state index in [1.807, 2.05) is 29.6 Å². The molecule has 0 saturated heterocycles. The van der Waals surface area contributed by atoms with E-state index in [1.165, 1.54) is 11.3 Å². The van der Waals surface area contributed by atoms with Crippen LogP contribution >= 0.6 is 34.5 Å². The third-order valence-corrected chi connectivity index (χ3v) is 4.99. The minimum atomic E-state index is 0.487. The van der Waals surface area contributed by atoms with Gasteiger partial charge in [0.15, 0.2) is 11.5 Å². The van der Waals surface area contributed by atoms with Crippen LogP contribution in [-0.2, 0) is 0 Å². The maximum atomic E-state index is 5.98. The van der Waals surface area contributed by atoms with Crippen LogP contribution in [0.5, 0.6) is 11.5 Å². The number of halogens is 2. The molecule has 1 heterocycles. The van der Waals surface area contributed by atoms with Gasteiger partial charge in [-0.3, -0.25) is 5.43 Å². The first-order valence-electron chi connectivity index (χ1n) is 7.52. The second-order valence-electron chi connectivity index (χ2n) is 5.15. The smallest absolute Gasteiger partial charge is 0.203 e. The Balaban J connectivity index is 1.71. The maximum absolute atomic E-state index is 5.98. The fourth-order valence-electron chi connectivity index (χ4n) is 2.21. The quantitative estimate of drug-likeness (QED) is 0.427. The molecule has 0 radical (unpaired) electrons. The zero-order chi connectivity index (χ0) is 18.5. The van der Waals surface area contributed by atoms with Crippen molar-refractivity contribution in [1.82, 2.24) is 4.98 Å². The van der Waals surface area contributed by atoms with E-state index in [2.05, 4.69) is 15.5 Å². The van der Waals surface area contributed by atoms with Crippen molar-refractivity contribution < 1.29 is 9.47 Å². The number of benzene rings is 2. The molecule has 0 fully saturated rings. The second-order valence-corrected chi connectivity index (χ2v) is 6.82. The lowest BCUT2D eigenvalue weighted by Gasteiger charge is -2.08. The van der Waals surface area contributed by atoms with Gasteiger partial charge in [0.2, 0.25) is 5.13 Å². The fraction of sp³-hybridized carbons (Fsp3) is 0.111. The van der Waals surface area contributed by atoms with Crippen LogP contribution in [0.4, 0.5) is 5.13 Å². The minimum Gasteiger partial charge on any atom is -0.493 e. The van der Waals surface area contributed by atoms with Crippen molar-refractivity contribution in [1.29, 1.82) is 0 Å². The first-order chi connectivity index (χ1) is 12.6. The summed E-state index contributed by atoms with van der Waals surface area (Å²) < 4.78 is 10.6. The summed E-state index contributed by atoms with van der Waals surface area (Å²) in [5.74, 6) is 1.33. The number of nitrogens with zero attached hydrogens (tertiary/aromatic N) is 2. The Labute approximate surface area is 165 Å². The van der Waals surface area contributed by atoms with E-state index < -0.39 is 0 Å². The molecule has 0 bridgehead atoms. The normalized spacial score (nSPS) is 10.9. The number of nitrogens with one attached hydrogen (secondary N) is 1. The van der Waals surface area contributed by atoms with E-state index >= 15 is 0 Å². The largest absolute Gasteiger partial charge is 0.493 e. The van der Waals surface area contributed by atoms with Gasteiger partial charge in [-0.15, -0.1) is 11.3 Å². The molecule has 1 N–H and O–H groups in total. The first-order valence-corrected chi connectivity index (χ1v) is 9.16. The number of anilines is 1. The van der Waals surface area contributed by atoms with Crippen molar-refractivity contribution in [3.05, 3.63) is 57.4 Å². The summed E-state index contributed by atoms with van der Waals surface area (Å²) in [6, 6.07) is 11.0. The fourth-order valence-corrected chi connectivity index (χ4v) is 3.18. The van der Waals surface area contributed by atoms with Crippen LogP contribution in [0.1, 0.15) is 5.56 Å². The van der Waals surface area contributed by atoms with E-state index in [0.717, 1.165) is 16.8 Å². The van der Waals surface area contributed by atoms with Gasteiger partial charge in [-0.05, 0) is 35.9 Å². The van der Waals surface area contributed by atoms with E-state index in [0.29, 0.717) is 26.7 Å². The summed E-state index contributed by atoms with van der Waals surface area (Å²) >= 11 is 13.3. The van der Waals surface area contributed by atoms with Crippen LogP contribution in [0.25, 0.3) is 11.3 Å². The molecule has 5 nitrogen and oxygen atoms in total. The molecule has 0 atom stereocenters. The molecule has 3 rings (SSSR count). The molecule has 0 aliphatic heterocycles. The van der Waals surface area contributed by atoms with Crippen LogP contribution < -0.4 is 14.9 Å². The minimum absolute atomic E-state index is 0.487. The van der Waals surface area contributed by atoms with Crippen molar-refractivity contribution in [3.8, 4) is 22.8 Å². The van der Waals surface area contributed by atoms with Gasteiger partial charge >= 0.3 is 0 Å². The van der Waals surface area contributed by atoms with Crippen LogP contribution in [0.2, 0.25) is 10.0 Å². The maximum Gasteiger partial charge on any atom is 0.203 e. The molecule has 26 heavy (non-hydrogen) atoms. The van der Waals surface area contributed by atoms with E-state index in [-0.39, 0.29) is 0 Å². The Morgan fingerprint density at radius 1 is 1.04 bits per heavy atom. The Morgan fingerprint density at radius 3 is 2.58 bits per heavy atom. The number of rotatable bonds is 6. The molecule has 3 aromatic rings. The van der Waals surface area contributed by atoms with Gasteiger partial charge in [0.1, 0.15) is 0 Å². The number of thiazole rings is 1. The Kier molecular flexibility index (Phi) is 5.98. The van der Waals surface area contributed by atoms with Crippen LogP contribution in [-0.4, -0.2) is 25.4 Å². The predicted octanol–water partition coefficient (Wildman–Crippen LogP) is 5.58. The third-order valence-electron chi connectivity index (χ3n) is 3.50. The number of hydrogen-bond donors (Lipinski definition) is 1. The van der Waals surface area contributed by atoms with Crippen molar-refractivity contribution >= 4 is 45.9 Å². The monoisotopic (exact) mass is 407 g/mol. The summed E-state index contributed by atoms with van der Waals surface area (Å²) in [5, 5.41) is 7.79. The number of hydrogen-bond acceptors (Lipinski definition) is 6. The number of hydrazone groups is 1. The molecule has 0 spiro atoms. The second kappa shape index (κ2) is 8.40. The summed E-state index contributed by atoms with van der Waals surface area (Å²) in [4.78, 5) is 4.52. The third kappa shape index (κ3) is 4.27. The molecule has 0 amide bonds. The molecule has 0 aliphatic carbocycles. The van der Waals surface area contributed by atoms with Crippen molar-refractivity contribution in [3.63, 3.8) is 0 Å². The van der Waals surface area contributed by atoms with Gasteiger partial charge in [0, 0.05) is 10.9 Å². The highest BCUT2D eigenvalue weighted by atomic mass is 35.5. The molecule has 0 aliphatic rings. The lowest BCUT2D eigenvalue weighted by atomic mass is 10.1. The molecule has 134 valence electrons. The lowest BCUT2D eigenvalue weighted by molar-refractivity contribution is 0.355.